The van der Waals surface area contributed by atoms with E-state index in [0.717, 1.165) is 37.9 Å². The van der Waals surface area contributed by atoms with E-state index in [4.69, 9.17) is 0 Å². The molecule has 1 aromatic rings. The Kier molecular flexibility index (Phi) is 4.10. The molecule has 0 aromatic carbocycles. The molecular formula is C12H20N4. The minimum atomic E-state index is 0.795. The third-order valence-electron chi connectivity index (χ3n) is 3.19. The number of aromatic nitrogens is 2. The zero-order valence-corrected chi connectivity index (χ0v) is 9.89. The average Bonchev–Trinajstić information content (AvgIpc) is 2.38. The Labute approximate surface area is 97.1 Å². The van der Waals surface area contributed by atoms with Crippen molar-refractivity contribution in [3.63, 3.8) is 0 Å². The highest BCUT2D eigenvalue weighted by Gasteiger charge is 2.16. The van der Waals surface area contributed by atoms with Crippen LogP contribution in [0.1, 0.15) is 19.8 Å². The van der Waals surface area contributed by atoms with Crippen molar-refractivity contribution in [1.82, 2.24) is 15.3 Å². The van der Waals surface area contributed by atoms with E-state index in [1.54, 1.807) is 12.4 Å². The Hall–Kier alpha value is -1.16. The monoisotopic (exact) mass is 220 g/mol. The Balaban J connectivity index is 1.94. The standard InChI is InChI=1S/C12H20N4/c1-2-16(12-9-14-7-8-15-12)10-11-3-5-13-6-4-11/h7-9,11,13H,2-6,10H2,1H3. The number of hydrogen-bond acceptors (Lipinski definition) is 4. The van der Waals surface area contributed by atoms with Crippen molar-refractivity contribution in [3.05, 3.63) is 18.6 Å². The molecule has 0 aliphatic carbocycles. The average molecular weight is 220 g/mol. The van der Waals surface area contributed by atoms with E-state index in [2.05, 4.69) is 27.1 Å². The SMILES string of the molecule is CCN(CC1CCNCC1)c1cnccn1. The van der Waals surface area contributed by atoms with Crippen LogP contribution in [-0.4, -0.2) is 36.1 Å². The van der Waals surface area contributed by atoms with Crippen molar-refractivity contribution in [3.8, 4) is 0 Å². The molecule has 1 saturated heterocycles. The second-order valence-electron chi connectivity index (χ2n) is 4.30. The highest BCUT2D eigenvalue weighted by Crippen LogP contribution is 2.16. The fourth-order valence-corrected chi connectivity index (χ4v) is 2.22. The van der Waals surface area contributed by atoms with Gasteiger partial charge in [-0.25, -0.2) is 4.98 Å². The van der Waals surface area contributed by atoms with E-state index in [1.165, 1.54) is 12.8 Å². The van der Waals surface area contributed by atoms with Gasteiger partial charge >= 0.3 is 0 Å². The first-order chi connectivity index (χ1) is 7.90. The topological polar surface area (TPSA) is 41.0 Å². The molecule has 1 aliphatic heterocycles. The summed E-state index contributed by atoms with van der Waals surface area (Å²) in [6.07, 6.45) is 7.89. The van der Waals surface area contributed by atoms with Crippen LogP contribution < -0.4 is 10.2 Å². The summed E-state index contributed by atoms with van der Waals surface area (Å²) in [5.74, 6) is 1.80. The molecular weight excluding hydrogens is 200 g/mol. The molecule has 0 atom stereocenters. The fourth-order valence-electron chi connectivity index (χ4n) is 2.22. The highest BCUT2D eigenvalue weighted by molar-refractivity contribution is 5.34. The lowest BCUT2D eigenvalue weighted by molar-refractivity contribution is 0.374. The lowest BCUT2D eigenvalue weighted by Crippen LogP contribution is -2.36. The summed E-state index contributed by atoms with van der Waals surface area (Å²) in [5, 5.41) is 3.40. The molecule has 88 valence electrons. The van der Waals surface area contributed by atoms with Gasteiger partial charge in [0, 0.05) is 25.5 Å². The van der Waals surface area contributed by atoms with Gasteiger partial charge in [-0.1, -0.05) is 0 Å². The van der Waals surface area contributed by atoms with Crippen LogP contribution in [0.4, 0.5) is 5.82 Å². The van der Waals surface area contributed by atoms with E-state index >= 15 is 0 Å². The maximum absolute atomic E-state index is 4.36. The summed E-state index contributed by atoms with van der Waals surface area (Å²) < 4.78 is 0. The number of rotatable bonds is 4. The van der Waals surface area contributed by atoms with Gasteiger partial charge in [0.05, 0.1) is 6.20 Å². The normalized spacial score (nSPS) is 17.3. The number of nitrogens with one attached hydrogen (secondary N) is 1. The van der Waals surface area contributed by atoms with Gasteiger partial charge in [0.1, 0.15) is 5.82 Å². The van der Waals surface area contributed by atoms with Crippen molar-refractivity contribution >= 4 is 5.82 Å². The van der Waals surface area contributed by atoms with Crippen LogP contribution in [0, 0.1) is 5.92 Å². The summed E-state index contributed by atoms with van der Waals surface area (Å²) in [7, 11) is 0. The Bertz CT molecular complexity index is 295. The molecule has 4 heteroatoms. The van der Waals surface area contributed by atoms with Gasteiger partial charge in [-0.3, -0.25) is 4.98 Å². The van der Waals surface area contributed by atoms with Crippen LogP contribution in [0.25, 0.3) is 0 Å². The summed E-state index contributed by atoms with van der Waals surface area (Å²) >= 11 is 0. The maximum Gasteiger partial charge on any atom is 0.147 e. The second-order valence-corrected chi connectivity index (χ2v) is 4.30. The zero-order chi connectivity index (χ0) is 11.2. The molecule has 1 N–H and O–H groups in total. The largest absolute Gasteiger partial charge is 0.355 e. The van der Waals surface area contributed by atoms with Crippen LogP contribution in [0.15, 0.2) is 18.6 Å². The van der Waals surface area contributed by atoms with E-state index in [9.17, 15) is 0 Å². The quantitative estimate of drug-likeness (QED) is 0.830. The Morgan fingerprint density at radius 3 is 2.81 bits per heavy atom. The van der Waals surface area contributed by atoms with Gasteiger partial charge < -0.3 is 10.2 Å². The molecule has 0 amide bonds. The van der Waals surface area contributed by atoms with Gasteiger partial charge in [-0.05, 0) is 38.8 Å². The van der Waals surface area contributed by atoms with E-state index < -0.39 is 0 Å². The first-order valence-corrected chi connectivity index (χ1v) is 6.12. The minimum Gasteiger partial charge on any atom is -0.355 e. The second kappa shape index (κ2) is 5.80. The van der Waals surface area contributed by atoms with Gasteiger partial charge in [0.25, 0.3) is 0 Å². The Morgan fingerprint density at radius 2 is 2.19 bits per heavy atom. The molecule has 0 saturated carbocycles. The van der Waals surface area contributed by atoms with Gasteiger partial charge in [-0.2, -0.15) is 0 Å². The van der Waals surface area contributed by atoms with Crippen LogP contribution >= 0.6 is 0 Å². The van der Waals surface area contributed by atoms with Crippen LogP contribution in [-0.2, 0) is 0 Å². The molecule has 4 nitrogen and oxygen atoms in total. The summed E-state index contributed by atoms with van der Waals surface area (Å²) in [6.45, 7) is 6.60. The summed E-state index contributed by atoms with van der Waals surface area (Å²) in [5.41, 5.74) is 0. The maximum atomic E-state index is 4.36. The van der Waals surface area contributed by atoms with Crippen molar-refractivity contribution < 1.29 is 0 Å². The molecule has 16 heavy (non-hydrogen) atoms. The number of nitrogens with zero attached hydrogens (tertiary/aromatic N) is 3. The molecule has 1 aliphatic rings. The molecule has 0 unspecified atom stereocenters. The first kappa shape index (κ1) is 11.3. The van der Waals surface area contributed by atoms with Gasteiger partial charge in [0.15, 0.2) is 0 Å². The van der Waals surface area contributed by atoms with E-state index in [0.29, 0.717) is 0 Å². The highest BCUT2D eigenvalue weighted by atomic mass is 15.2. The van der Waals surface area contributed by atoms with Crippen molar-refractivity contribution in [2.24, 2.45) is 5.92 Å². The Morgan fingerprint density at radius 1 is 1.38 bits per heavy atom. The third kappa shape index (κ3) is 2.92. The molecule has 1 aromatic heterocycles. The van der Waals surface area contributed by atoms with Crippen LogP contribution in [0.2, 0.25) is 0 Å². The molecule has 0 bridgehead atoms. The predicted molar refractivity (Wildman–Crippen MR) is 65.5 cm³/mol. The first-order valence-electron chi connectivity index (χ1n) is 6.12. The molecule has 1 fully saturated rings. The number of hydrogen-bond donors (Lipinski definition) is 1. The van der Waals surface area contributed by atoms with Crippen molar-refractivity contribution in [2.45, 2.75) is 19.8 Å². The summed E-state index contributed by atoms with van der Waals surface area (Å²) in [6, 6.07) is 0. The van der Waals surface area contributed by atoms with Crippen LogP contribution in [0.3, 0.4) is 0 Å². The van der Waals surface area contributed by atoms with E-state index in [1.807, 2.05) is 6.20 Å². The smallest absolute Gasteiger partial charge is 0.147 e. The number of anilines is 1. The predicted octanol–water partition coefficient (Wildman–Crippen LogP) is 1.30. The minimum absolute atomic E-state index is 0.795. The molecule has 0 radical (unpaired) electrons. The third-order valence-corrected chi connectivity index (χ3v) is 3.19. The van der Waals surface area contributed by atoms with Crippen molar-refractivity contribution in [2.75, 3.05) is 31.1 Å². The van der Waals surface area contributed by atoms with Crippen molar-refractivity contribution in [1.29, 1.82) is 0 Å². The lowest BCUT2D eigenvalue weighted by Gasteiger charge is -2.29. The fraction of sp³-hybridized carbons (Fsp3) is 0.667. The molecule has 2 rings (SSSR count). The number of piperidine rings is 1. The van der Waals surface area contributed by atoms with Gasteiger partial charge in [0.2, 0.25) is 0 Å². The zero-order valence-electron chi connectivity index (χ0n) is 9.89. The van der Waals surface area contributed by atoms with Crippen LogP contribution in [0.5, 0.6) is 0 Å². The molecule has 2 heterocycles. The van der Waals surface area contributed by atoms with Gasteiger partial charge in [-0.15, -0.1) is 0 Å². The van der Waals surface area contributed by atoms with E-state index in [-0.39, 0.29) is 0 Å². The summed E-state index contributed by atoms with van der Waals surface area (Å²) in [4.78, 5) is 10.8. The molecule has 0 spiro atoms. The lowest BCUT2D eigenvalue weighted by atomic mass is 9.97.